The van der Waals surface area contributed by atoms with Crippen molar-refractivity contribution >= 4 is 28.1 Å². The molecule has 0 saturated carbocycles. The van der Waals surface area contributed by atoms with Gasteiger partial charge in [0, 0.05) is 15.6 Å². The first kappa shape index (κ1) is 17.1. The lowest BCUT2D eigenvalue weighted by Gasteiger charge is -2.01. The minimum absolute atomic E-state index is 0.342. The number of nitrogens with zero attached hydrogens (tertiary/aromatic N) is 2. The van der Waals surface area contributed by atoms with Gasteiger partial charge in [-0.05, 0) is 43.2 Å². The highest BCUT2D eigenvalue weighted by molar-refractivity contribution is 9.10. The molecule has 0 atom stereocenters. The van der Waals surface area contributed by atoms with Crippen LogP contribution in [0.5, 0.6) is 0 Å². The van der Waals surface area contributed by atoms with Gasteiger partial charge in [0.2, 0.25) is 0 Å². The molecule has 2 aromatic carbocycles. The van der Waals surface area contributed by atoms with Crippen molar-refractivity contribution in [3.8, 4) is 11.3 Å². The number of nitrogens with one attached hydrogen (secondary N) is 2. The van der Waals surface area contributed by atoms with Crippen LogP contribution in [0.2, 0.25) is 0 Å². The maximum atomic E-state index is 12.2. The van der Waals surface area contributed by atoms with Gasteiger partial charge in [-0.3, -0.25) is 9.89 Å². The second-order valence-corrected chi connectivity index (χ2v) is 6.54. The fraction of sp³-hybridized carbons (Fsp3) is 0.105. The van der Waals surface area contributed by atoms with Gasteiger partial charge in [-0.2, -0.15) is 10.2 Å². The number of H-pyrrole nitrogens is 1. The second kappa shape index (κ2) is 7.44. The van der Waals surface area contributed by atoms with Gasteiger partial charge in [0.15, 0.2) is 0 Å². The van der Waals surface area contributed by atoms with Crippen LogP contribution in [-0.4, -0.2) is 22.3 Å². The highest BCUT2D eigenvalue weighted by atomic mass is 79.9. The van der Waals surface area contributed by atoms with E-state index in [0.29, 0.717) is 5.69 Å². The lowest BCUT2D eigenvalue weighted by Crippen LogP contribution is -2.18. The van der Waals surface area contributed by atoms with Gasteiger partial charge in [-0.15, -0.1) is 0 Å². The molecule has 3 aromatic rings. The van der Waals surface area contributed by atoms with E-state index in [9.17, 15) is 4.79 Å². The van der Waals surface area contributed by atoms with Gasteiger partial charge in [0.05, 0.1) is 11.9 Å². The van der Waals surface area contributed by atoms with Crippen LogP contribution in [0.1, 0.15) is 27.2 Å². The summed E-state index contributed by atoms with van der Waals surface area (Å²) in [5, 5.41) is 11.0. The van der Waals surface area contributed by atoms with Crippen LogP contribution in [0.15, 0.2) is 58.1 Å². The van der Waals surface area contributed by atoms with Crippen LogP contribution >= 0.6 is 15.9 Å². The van der Waals surface area contributed by atoms with Crippen LogP contribution in [0.25, 0.3) is 11.3 Å². The summed E-state index contributed by atoms with van der Waals surface area (Å²) in [6.07, 6.45) is 1.59. The van der Waals surface area contributed by atoms with Gasteiger partial charge in [-0.25, -0.2) is 5.43 Å². The number of rotatable bonds is 4. The zero-order chi connectivity index (χ0) is 17.8. The number of hydrazone groups is 1. The van der Waals surface area contributed by atoms with Gasteiger partial charge < -0.3 is 0 Å². The third kappa shape index (κ3) is 4.03. The Morgan fingerprint density at radius 1 is 1.16 bits per heavy atom. The van der Waals surface area contributed by atoms with E-state index in [0.717, 1.165) is 21.3 Å². The highest BCUT2D eigenvalue weighted by Crippen LogP contribution is 2.21. The Labute approximate surface area is 154 Å². The fourth-order valence-electron chi connectivity index (χ4n) is 2.29. The van der Waals surface area contributed by atoms with Crippen molar-refractivity contribution in [1.82, 2.24) is 15.6 Å². The Morgan fingerprint density at radius 2 is 1.96 bits per heavy atom. The van der Waals surface area contributed by atoms with Crippen LogP contribution < -0.4 is 5.43 Å². The molecule has 1 aromatic heterocycles. The van der Waals surface area contributed by atoms with Crippen molar-refractivity contribution in [3.63, 3.8) is 0 Å². The van der Waals surface area contributed by atoms with Gasteiger partial charge in [0.25, 0.3) is 5.91 Å². The van der Waals surface area contributed by atoms with E-state index in [-0.39, 0.29) is 5.91 Å². The van der Waals surface area contributed by atoms with Crippen molar-refractivity contribution in [2.24, 2.45) is 5.10 Å². The molecule has 1 heterocycles. The van der Waals surface area contributed by atoms with Crippen LogP contribution in [0.3, 0.4) is 0 Å². The van der Waals surface area contributed by atoms with Crippen LogP contribution in [-0.2, 0) is 0 Å². The summed E-state index contributed by atoms with van der Waals surface area (Å²) in [6, 6.07) is 15.4. The van der Waals surface area contributed by atoms with Gasteiger partial charge in [-0.1, -0.05) is 46.3 Å². The molecule has 0 unspecified atom stereocenters. The predicted octanol–water partition coefficient (Wildman–Crippen LogP) is 4.22. The number of carbonyl (C=O) groups excluding carboxylic acids is 1. The number of aromatic nitrogens is 2. The molecule has 0 aliphatic carbocycles. The number of hydrogen-bond acceptors (Lipinski definition) is 3. The standard InChI is InChI=1S/C19H17BrN4O/c1-12-7-8-14(9-13(12)2)17-10-18(23-22-17)19(25)24-21-11-15-5-3-4-6-16(15)20/h3-11H,1-2H3,(H,22,23)(H,24,25). The molecule has 126 valence electrons. The third-order valence-corrected chi connectivity index (χ3v) is 4.62. The van der Waals surface area contributed by atoms with E-state index in [1.165, 1.54) is 11.1 Å². The Hall–Kier alpha value is -2.73. The molecule has 2 N–H and O–H groups in total. The van der Waals surface area contributed by atoms with E-state index < -0.39 is 0 Å². The zero-order valence-electron chi connectivity index (χ0n) is 13.9. The molecule has 0 aliphatic rings. The average Bonchev–Trinajstić information content (AvgIpc) is 3.09. The molecule has 6 heteroatoms. The maximum absolute atomic E-state index is 12.2. The monoisotopic (exact) mass is 396 g/mol. The Balaban J connectivity index is 1.70. The fourth-order valence-corrected chi connectivity index (χ4v) is 2.67. The normalized spacial score (nSPS) is 11.0. The quantitative estimate of drug-likeness (QED) is 0.511. The SMILES string of the molecule is Cc1ccc(-c2cc(C(=O)NN=Cc3ccccc3Br)[nH]n2)cc1C. The molecule has 0 radical (unpaired) electrons. The van der Waals surface area contributed by atoms with E-state index in [2.05, 4.69) is 56.6 Å². The third-order valence-electron chi connectivity index (χ3n) is 3.90. The summed E-state index contributed by atoms with van der Waals surface area (Å²) in [4.78, 5) is 12.2. The Bertz CT molecular complexity index is 946. The summed E-state index contributed by atoms with van der Waals surface area (Å²) in [6.45, 7) is 4.11. The van der Waals surface area contributed by atoms with E-state index in [4.69, 9.17) is 0 Å². The summed E-state index contributed by atoms with van der Waals surface area (Å²) in [5.74, 6) is -0.342. The minimum Gasteiger partial charge on any atom is -0.272 e. The van der Waals surface area contributed by atoms with Crippen molar-refractivity contribution in [3.05, 3.63) is 75.4 Å². The topological polar surface area (TPSA) is 70.1 Å². The molecule has 0 fully saturated rings. The molecule has 25 heavy (non-hydrogen) atoms. The van der Waals surface area contributed by atoms with Gasteiger partial charge >= 0.3 is 0 Å². The number of aryl methyl sites for hydroxylation is 2. The van der Waals surface area contributed by atoms with Crippen molar-refractivity contribution < 1.29 is 4.79 Å². The number of halogens is 1. The molecule has 0 bridgehead atoms. The number of hydrogen-bond donors (Lipinski definition) is 2. The van der Waals surface area contributed by atoms with E-state index >= 15 is 0 Å². The first-order valence-corrected chi connectivity index (χ1v) is 8.55. The highest BCUT2D eigenvalue weighted by Gasteiger charge is 2.11. The molecule has 1 amide bonds. The first-order valence-electron chi connectivity index (χ1n) is 7.75. The van der Waals surface area contributed by atoms with Crippen LogP contribution in [0.4, 0.5) is 0 Å². The number of carbonyl (C=O) groups is 1. The number of amides is 1. The molecule has 0 aliphatic heterocycles. The van der Waals surface area contributed by atoms with E-state index in [1.54, 1.807) is 12.3 Å². The van der Waals surface area contributed by atoms with Crippen molar-refractivity contribution in [1.29, 1.82) is 0 Å². The molecule has 0 spiro atoms. The Kier molecular flexibility index (Phi) is 5.09. The summed E-state index contributed by atoms with van der Waals surface area (Å²) in [5.41, 5.74) is 7.83. The first-order chi connectivity index (χ1) is 12.0. The molecule has 3 rings (SSSR count). The van der Waals surface area contributed by atoms with Crippen LogP contribution in [0, 0.1) is 13.8 Å². The Morgan fingerprint density at radius 3 is 2.72 bits per heavy atom. The average molecular weight is 397 g/mol. The minimum atomic E-state index is -0.342. The largest absolute Gasteiger partial charge is 0.289 e. The summed E-state index contributed by atoms with van der Waals surface area (Å²) in [7, 11) is 0. The molecule has 5 nitrogen and oxygen atoms in total. The maximum Gasteiger partial charge on any atom is 0.289 e. The smallest absolute Gasteiger partial charge is 0.272 e. The molecule has 0 saturated heterocycles. The zero-order valence-corrected chi connectivity index (χ0v) is 15.5. The summed E-state index contributed by atoms with van der Waals surface area (Å²) < 4.78 is 0.909. The molecular weight excluding hydrogens is 380 g/mol. The van der Waals surface area contributed by atoms with Gasteiger partial charge in [0.1, 0.15) is 5.69 Å². The number of benzene rings is 2. The van der Waals surface area contributed by atoms with Crippen molar-refractivity contribution in [2.75, 3.05) is 0 Å². The lowest BCUT2D eigenvalue weighted by atomic mass is 10.0. The van der Waals surface area contributed by atoms with E-state index in [1.807, 2.05) is 36.4 Å². The lowest BCUT2D eigenvalue weighted by molar-refractivity contribution is 0.0950. The summed E-state index contributed by atoms with van der Waals surface area (Å²) >= 11 is 3.43. The van der Waals surface area contributed by atoms with Crippen molar-refractivity contribution in [2.45, 2.75) is 13.8 Å². The predicted molar refractivity (Wildman–Crippen MR) is 103 cm³/mol. The number of aromatic amines is 1. The molecular formula is C19H17BrN4O. The second-order valence-electron chi connectivity index (χ2n) is 5.69.